The van der Waals surface area contributed by atoms with Crippen molar-refractivity contribution < 1.29 is 18.7 Å². The monoisotopic (exact) mass is 168 g/mol. The van der Waals surface area contributed by atoms with Gasteiger partial charge in [0.1, 0.15) is 0 Å². The van der Waals surface area contributed by atoms with Gasteiger partial charge in [-0.05, 0) is 6.07 Å². The fraction of sp³-hybridized carbons (Fsp3) is 0.250. The number of Topliss-reactive ketones (excluding diaryl/α,β-unsaturated/α-hetero) is 1. The summed E-state index contributed by atoms with van der Waals surface area (Å²) in [5, 5.41) is 0. The Kier molecular flexibility index (Phi) is 2.63. The van der Waals surface area contributed by atoms with Crippen LogP contribution in [0.5, 0.6) is 5.95 Å². The van der Waals surface area contributed by atoms with E-state index in [1.807, 2.05) is 0 Å². The van der Waals surface area contributed by atoms with Crippen molar-refractivity contribution in [3.05, 3.63) is 18.4 Å². The Hall–Kier alpha value is -1.58. The second-order valence-electron chi connectivity index (χ2n) is 2.10. The van der Waals surface area contributed by atoms with Crippen LogP contribution in [0.4, 0.5) is 0 Å². The number of carbonyl (C=O) groups is 2. The van der Waals surface area contributed by atoms with E-state index in [0.717, 1.165) is 0 Å². The third-order valence-electron chi connectivity index (χ3n) is 1.24. The Morgan fingerprint density at radius 2 is 2.33 bits per heavy atom. The molecule has 0 radical (unpaired) electrons. The summed E-state index contributed by atoms with van der Waals surface area (Å²) in [6.07, 6.45) is 1.50. The molecule has 1 aromatic heterocycles. The van der Waals surface area contributed by atoms with Crippen molar-refractivity contribution in [1.82, 2.24) is 0 Å². The van der Waals surface area contributed by atoms with Crippen LogP contribution in [0.3, 0.4) is 0 Å². The van der Waals surface area contributed by atoms with Gasteiger partial charge in [0, 0.05) is 12.5 Å². The van der Waals surface area contributed by atoms with Crippen molar-refractivity contribution in [3.63, 3.8) is 0 Å². The first-order valence-corrected chi connectivity index (χ1v) is 3.52. The summed E-state index contributed by atoms with van der Waals surface area (Å²) >= 11 is 0. The van der Waals surface area contributed by atoms with E-state index < -0.39 is 11.8 Å². The van der Waals surface area contributed by atoms with Gasteiger partial charge in [-0.1, -0.05) is 6.92 Å². The summed E-state index contributed by atoms with van der Waals surface area (Å²) in [5.41, 5.74) is 0. The van der Waals surface area contributed by atoms with E-state index in [-0.39, 0.29) is 12.4 Å². The Bertz CT molecular complexity index is 273. The van der Waals surface area contributed by atoms with Crippen LogP contribution in [0.2, 0.25) is 0 Å². The molecule has 0 saturated carbocycles. The van der Waals surface area contributed by atoms with Crippen molar-refractivity contribution in [2.24, 2.45) is 0 Å². The molecule has 1 aromatic rings. The van der Waals surface area contributed by atoms with Gasteiger partial charge >= 0.3 is 5.97 Å². The van der Waals surface area contributed by atoms with Gasteiger partial charge in [0.2, 0.25) is 5.78 Å². The van der Waals surface area contributed by atoms with E-state index in [1.54, 1.807) is 13.0 Å². The second-order valence-corrected chi connectivity index (χ2v) is 2.10. The van der Waals surface area contributed by atoms with Crippen LogP contribution >= 0.6 is 0 Å². The first-order valence-electron chi connectivity index (χ1n) is 3.52. The summed E-state index contributed by atoms with van der Waals surface area (Å²) in [6.45, 7) is 1.59. The lowest BCUT2D eigenvalue weighted by Crippen LogP contribution is -2.18. The zero-order valence-corrected chi connectivity index (χ0v) is 6.57. The highest BCUT2D eigenvalue weighted by Crippen LogP contribution is 2.10. The lowest BCUT2D eigenvalue weighted by atomic mass is 10.3. The molecule has 0 N–H and O–H groups in total. The molecule has 4 heteroatoms. The van der Waals surface area contributed by atoms with Gasteiger partial charge < -0.3 is 9.15 Å². The van der Waals surface area contributed by atoms with Gasteiger partial charge in [0.05, 0.1) is 6.26 Å². The Morgan fingerprint density at radius 1 is 1.58 bits per heavy atom. The number of ether oxygens (including phenoxy) is 1. The van der Waals surface area contributed by atoms with E-state index in [2.05, 4.69) is 4.74 Å². The fourth-order valence-electron chi connectivity index (χ4n) is 0.614. The van der Waals surface area contributed by atoms with E-state index in [1.165, 1.54) is 12.3 Å². The number of hydrogen-bond donors (Lipinski definition) is 0. The molecule has 0 unspecified atom stereocenters. The summed E-state index contributed by atoms with van der Waals surface area (Å²) in [7, 11) is 0. The molecule has 0 aliphatic heterocycles. The van der Waals surface area contributed by atoms with Gasteiger partial charge in [-0.3, -0.25) is 4.79 Å². The van der Waals surface area contributed by atoms with Gasteiger partial charge in [0.25, 0.3) is 5.95 Å². The van der Waals surface area contributed by atoms with E-state index in [9.17, 15) is 9.59 Å². The quantitative estimate of drug-likeness (QED) is 0.502. The van der Waals surface area contributed by atoms with Gasteiger partial charge in [-0.2, -0.15) is 0 Å². The molecule has 0 saturated heterocycles. The largest absolute Gasteiger partial charge is 0.434 e. The number of carbonyl (C=O) groups excluding carboxylic acids is 2. The van der Waals surface area contributed by atoms with Gasteiger partial charge in [0.15, 0.2) is 0 Å². The van der Waals surface area contributed by atoms with E-state index in [4.69, 9.17) is 4.42 Å². The molecule has 1 rings (SSSR count). The fourth-order valence-corrected chi connectivity index (χ4v) is 0.614. The first-order chi connectivity index (χ1) is 5.74. The molecule has 1 heterocycles. The van der Waals surface area contributed by atoms with E-state index in [0.29, 0.717) is 0 Å². The highest BCUT2D eigenvalue weighted by Gasteiger charge is 2.14. The molecule has 64 valence electrons. The predicted octanol–water partition coefficient (Wildman–Crippen LogP) is 1.16. The van der Waals surface area contributed by atoms with Crippen molar-refractivity contribution >= 4 is 11.8 Å². The molecule has 0 aliphatic rings. The molecule has 0 aromatic carbocycles. The van der Waals surface area contributed by atoms with Gasteiger partial charge in [-0.25, -0.2) is 4.79 Å². The van der Waals surface area contributed by atoms with E-state index >= 15 is 0 Å². The highest BCUT2D eigenvalue weighted by molar-refractivity contribution is 6.33. The first kappa shape index (κ1) is 8.52. The minimum atomic E-state index is -0.882. The predicted molar refractivity (Wildman–Crippen MR) is 39.6 cm³/mol. The molecule has 12 heavy (non-hydrogen) atoms. The maximum absolute atomic E-state index is 10.8. The van der Waals surface area contributed by atoms with Crippen LogP contribution in [0.25, 0.3) is 0 Å². The third kappa shape index (κ3) is 1.95. The molecule has 0 spiro atoms. The van der Waals surface area contributed by atoms with Crippen LogP contribution in [0.1, 0.15) is 13.3 Å². The minimum Gasteiger partial charge on any atom is -0.434 e. The van der Waals surface area contributed by atoms with Crippen molar-refractivity contribution in [3.8, 4) is 5.95 Å². The van der Waals surface area contributed by atoms with Gasteiger partial charge in [-0.15, -0.1) is 0 Å². The molecule has 0 amide bonds. The van der Waals surface area contributed by atoms with Crippen molar-refractivity contribution in [1.29, 1.82) is 0 Å². The topological polar surface area (TPSA) is 56.5 Å². The Balaban J connectivity index is 2.53. The summed E-state index contributed by atoms with van der Waals surface area (Å²) < 4.78 is 9.26. The average molecular weight is 168 g/mol. The molecule has 0 atom stereocenters. The molecule has 0 bridgehead atoms. The maximum atomic E-state index is 10.8. The number of ketones is 1. The van der Waals surface area contributed by atoms with Crippen molar-refractivity contribution in [2.45, 2.75) is 13.3 Å². The summed E-state index contributed by atoms with van der Waals surface area (Å²) in [4.78, 5) is 21.5. The smallest absolute Gasteiger partial charge is 0.382 e. The number of hydrogen-bond acceptors (Lipinski definition) is 4. The highest BCUT2D eigenvalue weighted by atomic mass is 16.6. The Morgan fingerprint density at radius 3 is 2.83 bits per heavy atom. The van der Waals surface area contributed by atoms with Crippen LogP contribution in [0.15, 0.2) is 22.8 Å². The van der Waals surface area contributed by atoms with Crippen molar-refractivity contribution in [2.75, 3.05) is 0 Å². The van der Waals surface area contributed by atoms with Crippen LogP contribution < -0.4 is 4.74 Å². The molecule has 0 fully saturated rings. The Labute approximate surface area is 69.1 Å². The zero-order valence-electron chi connectivity index (χ0n) is 6.57. The molecular weight excluding hydrogens is 160 g/mol. The third-order valence-corrected chi connectivity index (χ3v) is 1.24. The number of furan rings is 1. The summed E-state index contributed by atoms with van der Waals surface area (Å²) in [6, 6.07) is 3.03. The lowest BCUT2D eigenvalue weighted by molar-refractivity contribution is -0.147. The standard InChI is InChI=1S/C8H8O4/c1-2-6(9)8(10)12-7-4-3-5-11-7/h3-5H,2H2,1H3. The van der Waals surface area contributed by atoms with Crippen LogP contribution in [-0.4, -0.2) is 11.8 Å². The van der Waals surface area contributed by atoms with Crippen LogP contribution in [-0.2, 0) is 9.59 Å². The lowest BCUT2D eigenvalue weighted by Gasteiger charge is -1.95. The maximum Gasteiger partial charge on any atom is 0.382 e. The minimum absolute atomic E-state index is 0.0433. The molecule has 4 nitrogen and oxygen atoms in total. The molecular formula is C8H8O4. The SMILES string of the molecule is CCC(=O)C(=O)Oc1ccco1. The zero-order chi connectivity index (χ0) is 8.97. The van der Waals surface area contributed by atoms with Crippen LogP contribution in [0, 0.1) is 0 Å². The normalized spacial score (nSPS) is 9.42. The number of rotatable bonds is 3. The molecule has 0 aliphatic carbocycles. The second kappa shape index (κ2) is 3.71. The summed E-state index contributed by atoms with van der Waals surface area (Å²) in [5.74, 6) is -1.40. The number of esters is 1. The average Bonchev–Trinajstić information content (AvgIpc) is 2.55.